The molecular weight excluding hydrogens is 344 g/mol. The summed E-state index contributed by atoms with van der Waals surface area (Å²) in [6, 6.07) is 13.7. The molecule has 1 amide bonds. The Bertz CT molecular complexity index is 1040. The van der Waals surface area contributed by atoms with Gasteiger partial charge >= 0.3 is 0 Å². The van der Waals surface area contributed by atoms with Gasteiger partial charge in [0.1, 0.15) is 11.8 Å². The molecule has 0 unspecified atom stereocenters. The number of aryl methyl sites for hydroxylation is 1. The van der Waals surface area contributed by atoms with Crippen molar-refractivity contribution < 1.29 is 9.90 Å². The van der Waals surface area contributed by atoms with Gasteiger partial charge in [0.25, 0.3) is 5.91 Å². The molecule has 1 atom stereocenters. The highest BCUT2D eigenvalue weighted by Crippen LogP contribution is 2.35. The van der Waals surface area contributed by atoms with Gasteiger partial charge in [-0.15, -0.1) is 0 Å². The number of carbonyl (C=O) groups is 1. The van der Waals surface area contributed by atoms with Gasteiger partial charge in [0.15, 0.2) is 0 Å². The molecule has 1 aliphatic rings. The average Bonchev–Trinajstić information content (AvgIpc) is 3.11. The zero-order chi connectivity index (χ0) is 19.0. The third kappa shape index (κ3) is 3.01. The van der Waals surface area contributed by atoms with Crippen LogP contribution in [0.2, 0.25) is 0 Å². The molecule has 136 valence electrons. The molecular formula is C19H18N6O2. The molecule has 1 aliphatic heterocycles. The Morgan fingerprint density at radius 3 is 2.63 bits per heavy atom. The molecule has 1 aromatic heterocycles. The summed E-state index contributed by atoms with van der Waals surface area (Å²) in [5.74, 6) is 0.364. The maximum atomic E-state index is 13.2. The van der Waals surface area contributed by atoms with Crippen LogP contribution in [0.1, 0.15) is 24.1 Å². The Morgan fingerprint density at radius 2 is 1.89 bits per heavy atom. The summed E-state index contributed by atoms with van der Waals surface area (Å²) in [5, 5.41) is 27.4. The lowest BCUT2D eigenvalue weighted by atomic mass is 9.95. The number of carbonyl (C=O) groups excluding carboxylic acids is 1. The molecule has 0 saturated carbocycles. The first-order chi connectivity index (χ1) is 13.0. The number of nitrogens with zero attached hydrogens (tertiary/aromatic N) is 4. The molecule has 8 nitrogen and oxygen atoms in total. The number of hydrogen-bond donors (Lipinski definition) is 3. The number of hydrogen-bond acceptors (Lipinski definition) is 6. The van der Waals surface area contributed by atoms with Crippen LogP contribution in [0.15, 0.2) is 59.8 Å². The van der Waals surface area contributed by atoms with Crippen LogP contribution in [0.4, 0.5) is 11.6 Å². The van der Waals surface area contributed by atoms with Gasteiger partial charge in [-0.2, -0.15) is 4.68 Å². The van der Waals surface area contributed by atoms with Crippen LogP contribution in [0.25, 0.3) is 0 Å². The number of benzene rings is 2. The number of aromatic hydroxyl groups is 1. The molecule has 27 heavy (non-hydrogen) atoms. The molecule has 4 rings (SSSR count). The van der Waals surface area contributed by atoms with Gasteiger partial charge in [-0.25, -0.2) is 0 Å². The molecule has 2 aromatic carbocycles. The lowest BCUT2D eigenvalue weighted by Crippen LogP contribution is -2.31. The fourth-order valence-corrected chi connectivity index (χ4v) is 3.17. The minimum absolute atomic E-state index is 0.149. The number of allylic oxidation sites excluding steroid dienone is 1. The van der Waals surface area contributed by atoms with Crippen molar-refractivity contribution in [3.8, 4) is 5.75 Å². The Hall–Kier alpha value is -3.68. The van der Waals surface area contributed by atoms with Crippen LogP contribution >= 0.6 is 0 Å². The first kappa shape index (κ1) is 16.8. The number of aromatic nitrogens is 4. The molecule has 3 N–H and O–H groups in total. The number of amides is 1. The van der Waals surface area contributed by atoms with Gasteiger partial charge < -0.3 is 15.7 Å². The number of rotatable bonds is 3. The zero-order valence-corrected chi connectivity index (χ0v) is 14.8. The molecule has 0 aliphatic carbocycles. The van der Waals surface area contributed by atoms with Gasteiger partial charge in [-0.05, 0) is 53.6 Å². The monoisotopic (exact) mass is 362 g/mol. The number of phenolic OH excluding ortho intramolecular Hbond substituents is 1. The number of anilines is 2. The van der Waals surface area contributed by atoms with Crippen molar-refractivity contribution in [3.63, 3.8) is 0 Å². The topological polar surface area (TPSA) is 105 Å². The molecule has 0 fully saturated rings. The molecule has 3 aromatic rings. The first-order valence-electron chi connectivity index (χ1n) is 8.46. The second-order valence-corrected chi connectivity index (χ2v) is 6.37. The fraction of sp³-hybridized carbons (Fsp3) is 0.158. The van der Waals surface area contributed by atoms with Crippen LogP contribution in [0.5, 0.6) is 5.75 Å². The molecule has 0 radical (unpaired) electrons. The predicted octanol–water partition coefficient (Wildman–Crippen LogP) is 2.61. The highest BCUT2D eigenvalue weighted by Gasteiger charge is 2.34. The van der Waals surface area contributed by atoms with Crippen molar-refractivity contribution >= 4 is 17.5 Å². The van der Waals surface area contributed by atoms with E-state index in [4.69, 9.17) is 0 Å². The van der Waals surface area contributed by atoms with E-state index in [1.165, 1.54) is 0 Å². The first-order valence-corrected chi connectivity index (χ1v) is 8.46. The summed E-state index contributed by atoms with van der Waals surface area (Å²) >= 11 is 0. The lowest BCUT2D eigenvalue weighted by molar-refractivity contribution is -0.113. The third-order valence-corrected chi connectivity index (χ3v) is 4.56. The Balaban J connectivity index is 1.77. The highest BCUT2D eigenvalue weighted by molar-refractivity contribution is 6.06. The maximum absolute atomic E-state index is 13.2. The quantitative estimate of drug-likeness (QED) is 0.661. The summed E-state index contributed by atoms with van der Waals surface area (Å²) in [6.45, 7) is 3.76. The van der Waals surface area contributed by atoms with E-state index >= 15 is 0 Å². The zero-order valence-electron chi connectivity index (χ0n) is 14.8. The van der Waals surface area contributed by atoms with E-state index < -0.39 is 6.04 Å². The van der Waals surface area contributed by atoms with Crippen molar-refractivity contribution in [1.29, 1.82) is 0 Å². The Kier molecular flexibility index (Phi) is 4.08. The van der Waals surface area contributed by atoms with Crippen molar-refractivity contribution in [2.24, 2.45) is 0 Å². The summed E-state index contributed by atoms with van der Waals surface area (Å²) in [7, 11) is 0. The van der Waals surface area contributed by atoms with Gasteiger partial charge in [0, 0.05) is 11.4 Å². The summed E-state index contributed by atoms with van der Waals surface area (Å²) in [5.41, 5.74) is 3.68. The molecule has 0 saturated heterocycles. The Morgan fingerprint density at radius 1 is 1.15 bits per heavy atom. The standard InChI is InChI=1S/C19H18N6O2/c1-11-5-3-4-6-15(11)21-18(27)16-12(2)20-19-22-23-24-25(19)17(16)13-7-9-14(26)10-8-13/h3-10,17,26H,1-2H3,(H,21,27)(H,20,22,24)/t17-/m1/s1. The molecule has 0 bridgehead atoms. The van der Waals surface area contributed by atoms with E-state index in [1.807, 2.05) is 38.1 Å². The summed E-state index contributed by atoms with van der Waals surface area (Å²) in [4.78, 5) is 13.2. The van der Waals surface area contributed by atoms with E-state index in [2.05, 4.69) is 26.2 Å². The minimum atomic E-state index is -0.513. The van der Waals surface area contributed by atoms with E-state index in [-0.39, 0.29) is 11.7 Å². The normalized spacial score (nSPS) is 15.9. The van der Waals surface area contributed by atoms with Crippen LogP contribution in [0, 0.1) is 6.92 Å². The molecule has 8 heteroatoms. The molecule has 2 heterocycles. The van der Waals surface area contributed by atoms with Gasteiger partial charge in [-0.1, -0.05) is 35.4 Å². The van der Waals surface area contributed by atoms with Crippen molar-refractivity contribution in [2.45, 2.75) is 19.9 Å². The van der Waals surface area contributed by atoms with Crippen molar-refractivity contribution in [1.82, 2.24) is 20.2 Å². The smallest absolute Gasteiger partial charge is 0.255 e. The highest BCUT2D eigenvalue weighted by atomic mass is 16.3. The number of tetrazole rings is 1. The number of nitrogens with one attached hydrogen (secondary N) is 2. The van der Waals surface area contributed by atoms with Crippen LogP contribution < -0.4 is 10.6 Å². The average molecular weight is 362 g/mol. The fourth-order valence-electron chi connectivity index (χ4n) is 3.17. The minimum Gasteiger partial charge on any atom is -0.508 e. The summed E-state index contributed by atoms with van der Waals surface area (Å²) in [6.07, 6.45) is 0. The number of phenols is 1. The second-order valence-electron chi connectivity index (χ2n) is 6.37. The maximum Gasteiger partial charge on any atom is 0.255 e. The van der Waals surface area contributed by atoms with Crippen LogP contribution in [-0.4, -0.2) is 31.2 Å². The molecule has 0 spiro atoms. The van der Waals surface area contributed by atoms with E-state index in [0.717, 1.165) is 16.8 Å². The predicted molar refractivity (Wildman–Crippen MR) is 100 cm³/mol. The number of fused-ring (bicyclic) bond motifs is 1. The largest absolute Gasteiger partial charge is 0.508 e. The van der Waals surface area contributed by atoms with Crippen LogP contribution in [-0.2, 0) is 4.79 Å². The van der Waals surface area contributed by atoms with Gasteiger partial charge in [0.05, 0.1) is 5.57 Å². The van der Waals surface area contributed by atoms with Gasteiger partial charge in [0.2, 0.25) is 5.95 Å². The lowest BCUT2D eigenvalue weighted by Gasteiger charge is -2.28. The van der Waals surface area contributed by atoms with E-state index in [0.29, 0.717) is 17.2 Å². The van der Waals surface area contributed by atoms with Crippen LogP contribution in [0.3, 0.4) is 0 Å². The SMILES string of the molecule is CC1=C(C(=O)Nc2ccccc2C)[C@@H](c2ccc(O)cc2)n2nnnc2N1. The van der Waals surface area contributed by atoms with Crippen molar-refractivity contribution in [2.75, 3.05) is 10.6 Å². The van der Waals surface area contributed by atoms with Crippen molar-refractivity contribution in [3.05, 3.63) is 70.9 Å². The third-order valence-electron chi connectivity index (χ3n) is 4.56. The second kappa shape index (κ2) is 6.56. The summed E-state index contributed by atoms with van der Waals surface area (Å²) < 4.78 is 1.56. The van der Waals surface area contributed by atoms with Gasteiger partial charge in [-0.3, -0.25) is 4.79 Å². The number of para-hydroxylation sites is 1. The van der Waals surface area contributed by atoms with E-state index in [1.54, 1.807) is 28.9 Å². The Labute approximate surface area is 155 Å². The van der Waals surface area contributed by atoms with E-state index in [9.17, 15) is 9.90 Å².